The molecular weight excluding hydrogens is 340 g/mol. The van der Waals surface area contributed by atoms with Crippen molar-refractivity contribution in [3.05, 3.63) is 83.1 Å². The number of carbonyl (C=O) groups excluding carboxylic acids is 2. The maximum atomic E-state index is 11.7. The van der Waals surface area contributed by atoms with Gasteiger partial charge in [0.05, 0.1) is 18.5 Å². The Bertz CT molecular complexity index is 1060. The van der Waals surface area contributed by atoms with Crippen LogP contribution in [0.2, 0.25) is 0 Å². The van der Waals surface area contributed by atoms with Gasteiger partial charge in [-0.1, -0.05) is 42.5 Å². The summed E-state index contributed by atoms with van der Waals surface area (Å²) in [7, 11) is 1.37. The van der Waals surface area contributed by atoms with Crippen molar-refractivity contribution in [2.24, 2.45) is 9.98 Å². The van der Waals surface area contributed by atoms with Gasteiger partial charge in [-0.2, -0.15) is 0 Å². The highest BCUT2D eigenvalue weighted by atomic mass is 16.5. The van der Waals surface area contributed by atoms with Crippen LogP contribution < -0.4 is 0 Å². The van der Waals surface area contributed by atoms with E-state index in [0.717, 1.165) is 34.4 Å². The molecule has 4 rings (SSSR count). The van der Waals surface area contributed by atoms with E-state index in [0.29, 0.717) is 23.4 Å². The summed E-state index contributed by atoms with van der Waals surface area (Å²) >= 11 is 0. The van der Waals surface area contributed by atoms with E-state index in [-0.39, 0.29) is 5.97 Å². The summed E-state index contributed by atoms with van der Waals surface area (Å²) in [5.41, 5.74) is 5.66. The Morgan fingerprint density at radius 3 is 2.52 bits per heavy atom. The second-order valence-electron chi connectivity index (χ2n) is 6.23. The number of amidine groups is 1. The predicted octanol–water partition coefficient (Wildman–Crippen LogP) is 3.75. The fraction of sp³-hybridized carbons (Fsp3) is 0.0909. The Balaban J connectivity index is 1.57. The van der Waals surface area contributed by atoms with Crippen LogP contribution >= 0.6 is 0 Å². The van der Waals surface area contributed by atoms with E-state index in [9.17, 15) is 9.59 Å². The van der Waals surface area contributed by atoms with Crippen LogP contribution in [0, 0.1) is 0 Å². The highest BCUT2D eigenvalue weighted by Gasteiger charge is 2.24. The van der Waals surface area contributed by atoms with Crippen molar-refractivity contribution in [1.29, 1.82) is 0 Å². The number of ether oxygens (including phenoxy) is 1. The lowest BCUT2D eigenvalue weighted by molar-refractivity contribution is -0.136. The third kappa shape index (κ3) is 3.27. The lowest BCUT2D eigenvalue weighted by atomic mass is 10.0. The Kier molecular flexibility index (Phi) is 4.34. The summed E-state index contributed by atoms with van der Waals surface area (Å²) in [6.45, 7) is 0. The molecule has 0 aromatic heterocycles. The molecule has 27 heavy (non-hydrogen) atoms. The zero-order valence-corrected chi connectivity index (χ0v) is 14.7. The van der Waals surface area contributed by atoms with Crippen molar-refractivity contribution in [2.45, 2.75) is 6.42 Å². The van der Waals surface area contributed by atoms with Gasteiger partial charge in [-0.05, 0) is 29.3 Å². The van der Waals surface area contributed by atoms with Crippen LogP contribution in [-0.4, -0.2) is 30.9 Å². The molecule has 132 valence electrons. The van der Waals surface area contributed by atoms with Crippen molar-refractivity contribution in [3.63, 3.8) is 0 Å². The highest BCUT2D eigenvalue weighted by Crippen LogP contribution is 2.26. The number of hydrogen-bond donors (Lipinski definition) is 0. The van der Waals surface area contributed by atoms with E-state index in [4.69, 9.17) is 4.74 Å². The summed E-state index contributed by atoms with van der Waals surface area (Å²) < 4.78 is 4.77. The molecule has 0 saturated carbocycles. The maximum absolute atomic E-state index is 11.7. The van der Waals surface area contributed by atoms with Gasteiger partial charge in [0.2, 0.25) is 0 Å². The molecule has 0 unspecified atom stereocenters. The molecule has 1 aliphatic carbocycles. The molecular formula is C22H16N2O3. The van der Waals surface area contributed by atoms with Crippen molar-refractivity contribution in [2.75, 3.05) is 7.11 Å². The summed E-state index contributed by atoms with van der Waals surface area (Å²) in [6, 6.07) is 15.3. The first-order chi connectivity index (χ1) is 13.2. The van der Waals surface area contributed by atoms with Gasteiger partial charge in [0.25, 0.3) is 0 Å². The van der Waals surface area contributed by atoms with Gasteiger partial charge in [0.1, 0.15) is 6.29 Å². The first kappa shape index (κ1) is 16.8. The Hall–Kier alpha value is -3.60. The number of fused-ring (bicyclic) bond motifs is 1. The molecule has 0 saturated heterocycles. The number of aldehydes is 1. The van der Waals surface area contributed by atoms with Crippen molar-refractivity contribution < 1.29 is 14.3 Å². The molecule has 2 aromatic rings. The molecule has 0 bridgehead atoms. The third-order valence-corrected chi connectivity index (χ3v) is 4.51. The number of aliphatic imine (C=N–C) groups is 2. The smallest absolute Gasteiger partial charge is 0.334 e. The monoisotopic (exact) mass is 356 g/mol. The fourth-order valence-corrected chi connectivity index (χ4v) is 3.07. The summed E-state index contributed by atoms with van der Waals surface area (Å²) in [4.78, 5) is 31.8. The Morgan fingerprint density at radius 1 is 1.00 bits per heavy atom. The van der Waals surface area contributed by atoms with E-state index in [1.54, 1.807) is 18.2 Å². The third-order valence-electron chi connectivity index (χ3n) is 4.51. The summed E-state index contributed by atoms with van der Waals surface area (Å²) in [5.74, 6) is 0.285. The largest absolute Gasteiger partial charge is 0.466 e. The van der Waals surface area contributed by atoms with Gasteiger partial charge in [0, 0.05) is 23.1 Å². The number of methoxy groups -OCH3 is 1. The fourth-order valence-electron chi connectivity index (χ4n) is 3.07. The molecule has 0 radical (unpaired) electrons. The second kappa shape index (κ2) is 6.96. The number of esters is 1. The zero-order valence-electron chi connectivity index (χ0n) is 14.7. The number of hydrogen-bond acceptors (Lipinski definition) is 5. The first-order valence-corrected chi connectivity index (χ1v) is 8.50. The standard InChI is InChI=1S/C22H16N2O3/c1-27-22(26)18-9-10-19-20(12-18)24-21(23-19)16-7-5-15(6-8-16)17-4-2-3-14(11-17)13-25/h2-11,13H,12H2,1H3. The van der Waals surface area contributed by atoms with Gasteiger partial charge in [-0.25, -0.2) is 14.8 Å². The molecule has 2 aliphatic rings. The van der Waals surface area contributed by atoms with Gasteiger partial charge >= 0.3 is 5.97 Å². The van der Waals surface area contributed by atoms with Gasteiger partial charge < -0.3 is 4.74 Å². The average molecular weight is 356 g/mol. The van der Waals surface area contributed by atoms with Crippen LogP contribution in [0.25, 0.3) is 11.1 Å². The molecule has 2 aromatic carbocycles. The van der Waals surface area contributed by atoms with Gasteiger partial charge in [0.15, 0.2) is 5.84 Å². The molecule has 0 atom stereocenters. The van der Waals surface area contributed by atoms with Crippen LogP contribution in [0.15, 0.2) is 81.9 Å². The number of nitrogens with zero attached hydrogens (tertiary/aromatic N) is 2. The lowest BCUT2D eigenvalue weighted by Crippen LogP contribution is -2.12. The quantitative estimate of drug-likeness (QED) is 0.619. The number of allylic oxidation sites excluding steroid dienone is 3. The molecule has 5 nitrogen and oxygen atoms in total. The minimum absolute atomic E-state index is 0.344. The van der Waals surface area contributed by atoms with E-state index in [1.165, 1.54) is 7.11 Å². The molecule has 0 amide bonds. The first-order valence-electron chi connectivity index (χ1n) is 8.50. The van der Waals surface area contributed by atoms with E-state index in [1.807, 2.05) is 42.5 Å². The normalized spacial score (nSPS) is 15.1. The van der Waals surface area contributed by atoms with Crippen LogP contribution in [0.3, 0.4) is 0 Å². The minimum Gasteiger partial charge on any atom is -0.466 e. The number of rotatable bonds is 4. The van der Waals surface area contributed by atoms with Crippen LogP contribution in [0.1, 0.15) is 22.3 Å². The number of carbonyl (C=O) groups is 2. The van der Waals surface area contributed by atoms with Gasteiger partial charge in [-0.3, -0.25) is 4.79 Å². The van der Waals surface area contributed by atoms with Crippen molar-refractivity contribution in [1.82, 2.24) is 0 Å². The molecule has 0 spiro atoms. The predicted molar refractivity (Wildman–Crippen MR) is 104 cm³/mol. The van der Waals surface area contributed by atoms with Crippen molar-refractivity contribution in [3.8, 4) is 11.1 Å². The minimum atomic E-state index is -0.344. The second-order valence-corrected chi connectivity index (χ2v) is 6.23. The van der Waals surface area contributed by atoms with E-state index >= 15 is 0 Å². The SMILES string of the molecule is COC(=O)C1=CC=C2N=C(c3ccc(-c4cccc(C=O)c4)cc3)N=C2C1. The lowest BCUT2D eigenvalue weighted by Gasteiger charge is -2.09. The highest BCUT2D eigenvalue weighted by molar-refractivity contribution is 6.20. The molecule has 0 N–H and O–H groups in total. The molecule has 1 aliphatic heterocycles. The molecule has 0 fully saturated rings. The van der Waals surface area contributed by atoms with Gasteiger partial charge in [-0.15, -0.1) is 0 Å². The molecule has 1 heterocycles. The van der Waals surface area contributed by atoms with Crippen molar-refractivity contribution >= 4 is 23.8 Å². The van der Waals surface area contributed by atoms with E-state index in [2.05, 4.69) is 9.98 Å². The van der Waals surface area contributed by atoms with Crippen LogP contribution in [-0.2, 0) is 9.53 Å². The zero-order chi connectivity index (χ0) is 18.8. The average Bonchev–Trinajstić information content (AvgIpc) is 3.16. The summed E-state index contributed by atoms with van der Waals surface area (Å²) in [5, 5.41) is 0. The van der Waals surface area contributed by atoms with E-state index < -0.39 is 0 Å². The Labute approximate surface area is 156 Å². The molecule has 5 heteroatoms. The summed E-state index contributed by atoms with van der Waals surface area (Å²) in [6.07, 6.45) is 4.78. The number of benzene rings is 2. The topological polar surface area (TPSA) is 68.1 Å². The van der Waals surface area contributed by atoms with Crippen LogP contribution in [0.5, 0.6) is 0 Å². The maximum Gasteiger partial charge on any atom is 0.334 e. The Morgan fingerprint density at radius 2 is 1.78 bits per heavy atom. The van der Waals surface area contributed by atoms with Crippen LogP contribution in [0.4, 0.5) is 0 Å².